The Balaban J connectivity index is 1.19. The van der Waals surface area contributed by atoms with Crippen LogP contribution in [0.2, 0.25) is 0 Å². The molecule has 0 aliphatic carbocycles. The molecule has 1 unspecified atom stereocenters. The van der Waals surface area contributed by atoms with Gasteiger partial charge in [-0.1, -0.05) is 35.5 Å². The van der Waals surface area contributed by atoms with Crippen molar-refractivity contribution in [2.24, 2.45) is 11.8 Å². The van der Waals surface area contributed by atoms with E-state index in [0.717, 1.165) is 49.5 Å². The summed E-state index contributed by atoms with van der Waals surface area (Å²) in [6, 6.07) is 14.4. The van der Waals surface area contributed by atoms with E-state index in [1.807, 2.05) is 41.2 Å². The van der Waals surface area contributed by atoms with Crippen LogP contribution in [0.5, 0.6) is 0 Å². The Morgan fingerprint density at radius 1 is 1.24 bits per heavy atom. The van der Waals surface area contributed by atoms with Gasteiger partial charge in [0.05, 0.1) is 44.6 Å². The lowest BCUT2D eigenvalue weighted by Gasteiger charge is -2.46. The highest BCUT2D eigenvalue weighted by molar-refractivity contribution is 5.79. The third-order valence-corrected chi connectivity index (χ3v) is 6.42. The van der Waals surface area contributed by atoms with E-state index in [1.54, 1.807) is 6.26 Å². The molecule has 1 amide bonds. The smallest absolute Gasteiger partial charge is 0.229 e. The maximum Gasteiger partial charge on any atom is 0.229 e. The third-order valence-electron chi connectivity index (χ3n) is 6.42. The van der Waals surface area contributed by atoms with Crippen LogP contribution in [0.4, 0.5) is 0 Å². The molecule has 0 radical (unpaired) electrons. The maximum atomic E-state index is 12.7. The second-order valence-corrected chi connectivity index (χ2v) is 8.19. The molecule has 5 heterocycles. The summed E-state index contributed by atoms with van der Waals surface area (Å²) in [5.41, 5.74) is 2.00. The Hall–Kier alpha value is -2.93. The molecule has 3 aromatic rings. The number of hydrogen-bond acceptors (Lipinski definition) is 4. The Bertz CT molecular complexity index is 953. The van der Waals surface area contributed by atoms with Crippen LogP contribution in [0, 0.1) is 11.8 Å². The number of nitrogens with zero attached hydrogens (tertiary/aromatic N) is 3. The van der Waals surface area contributed by atoms with Crippen molar-refractivity contribution >= 4 is 5.91 Å². The number of furan rings is 1. The van der Waals surface area contributed by atoms with E-state index in [4.69, 9.17) is 4.42 Å². The zero-order chi connectivity index (χ0) is 19.6. The summed E-state index contributed by atoms with van der Waals surface area (Å²) in [6.07, 6.45) is 5.86. The minimum absolute atomic E-state index is 0.0978. The molecular formula is C22H26N5O2+. The number of carbonyl (C=O) groups excluding carboxylic acids is 1. The van der Waals surface area contributed by atoms with Crippen molar-refractivity contribution in [3.05, 3.63) is 60.7 Å². The molecule has 3 aliphatic rings. The van der Waals surface area contributed by atoms with Crippen molar-refractivity contribution < 1.29 is 14.1 Å². The molecule has 2 N–H and O–H groups in total. The molecule has 0 saturated carbocycles. The van der Waals surface area contributed by atoms with Gasteiger partial charge in [-0.15, -0.1) is 5.10 Å². The van der Waals surface area contributed by atoms with Crippen LogP contribution < -0.4 is 10.2 Å². The fraction of sp³-hybridized carbons (Fsp3) is 0.409. The Labute approximate surface area is 169 Å². The van der Waals surface area contributed by atoms with Crippen molar-refractivity contribution in [3.8, 4) is 11.3 Å². The van der Waals surface area contributed by atoms with Crippen molar-refractivity contribution in [2.75, 3.05) is 13.1 Å². The van der Waals surface area contributed by atoms with Crippen LogP contribution in [0.1, 0.15) is 18.6 Å². The number of fused-ring (bicyclic) bond motifs is 3. The number of rotatable bonds is 6. The first kappa shape index (κ1) is 18.1. The van der Waals surface area contributed by atoms with Crippen LogP contribution in [0.15, 0.2) is 59.3 Å². The van der Waals surface area contributed by atoms with E-state index in [1.165, 1.54) is 4.90 Å². The first-order valence-electron chi connectivity index (χ1n) is 10.4. The monoisotopic (exact) mass is 392 g/mol. The van der Waals surface area contributed by atoms with Gasteiger partial charge in [0.25, 0.3) is 0 Å². The zero-order valence-corrected chi connectivity index (χ0v) is 16.3. The molecule has 29 heavy (non-hydrogen) atoms. The molecule has 3 aliphatic heterocycles. The normalized spacial score (nSPS) is 25.8. The lowest BCUT2D eigenvalue weighted by molar-refractivity contribution is -0.945. The van der Waals surface area contributed by atoms with E-state index < -0.39 is 0 Å². The van der Waals surface area contributed by atoms with Crippen LogP contribution >= 0.6 is 0 Å². The fourth-order valence-electron chi connectivity index (χ4n) is 4.89. The summed E-state index contributed by atoms with van der Waals surface area (Å²) in [5.74, 6) is 1.51. The van der Waals surface area contributed by atoms with Gasteiger partial charge >= 0.3 is 0 Å². The average molecular weight is 392 g/mol. The molecule has 7 nitrogen and oxygen atoms in total. The first-order chi connectivity index (χ1) is 14.3. The molecule has 2 bridgehead atoms. The SMILES string of the molecule is O=C(NCc1ccco1)[C@H]1C[NH+]2CC[C@H]1C[C@@H]2Cn1cc(-c2ccccc2)nn1. The number of hydrogen-bond donors (Lipinski definition) is 2. The standard InChI is InChI=1S/C22H25N5O2/c28-22(23-12-19-7-4-10-29-19)20-14-26-9-8-17(20)11-18(26)13-27-15-21(24-25-27)16-5-2-1-3-6-16/h1-7,10,15,17-18,20H,8-9,11-14H2,(H,23,28)/p+1/t17-,18+,20-/m0/s1. The van der Waals surface area contributed by atoms with Crippen LogP contribution in [0.25, 0.3) is 11.3 Å². The van der Waals surface area contributed by atoms with Gasteiger partial charge in [-0.2, -0.15) is 0 Å². The Kier molecular flexibility index (Phi) is 4.89. The van der Waals surface area contributed by atoms with Crippen LogP contribution in [-0.2, 0) is 17.9 Å². The molecule has 6 rings (SSSR count). The van der Waals surface area contributed by atoms with Crippen molar-refractivity contribution in [3.63, 3.8) is 0 Å². The summed E-state index contributed by atoms with van der Waals surface area (Å²) >= 11 is 0. The van der Waals surface area contributed by atoms with Gasteiger partial charge in [0, 0.05) is 18.4 Å². The van der Waals surface area contributed by atoms with Gasteiger partial charge < -0.3 is 14.6 Å². The molecule has 0 spiro atoms. The lowest BCUT2D eigenvalue weighted by Crippen LogP contribution is -3.20. The molecular weight excluding hydrogens is 366 g/mol. The zero-order valence-electron chi connectivity index (χ0n) is 16.3. The van der Waals surface area contributed by atoms with E-state index in [2.05, 4.69) is 27.8 Å². The highest BCUT2D eigenvalue weighted by atomic mass is 16.3. The number of carbonyl (C=O) groups is 1. The summed E-state index contributed by atoms with van der Waals surface area (Å²) < 4.78 is 7.28. The third kappa shape index (κ3) is 3.82. The number of nitrogens with one attached hydrogen (secondary N) is 2. The lowest BCUT2D eigenvalue weighted by atomic mass is 9.75. The second kappa shape index (κ2) is 7.83. The average Bonchev–Trinajstić information content (AvgIpc) is 3.45. The largest absolute Gasteiger partial charge is 0.467 e. The van der Waals surface area contributed by atoms with E-state index >= 15 is 0 Å². The van der Waals surface area contributed by atoms with E-state index in [9.17, 15) is 4.79 Å². The molecule has 2 aromatic heterocycles. The molecule has 1 aromatic carbocycles. The molecule has 4 atom stereocenters. The molecule has 3 saturated heterocycles. The summed E-state index contributed by atoms with van der Waals surface area (Å²) in [5, 5.41) is 11.7. The highest BCUT2D eigenvalue weighted by Crippen LogP contribution is 2.28. The van der Waals surface area contributed by atoms with Gasteiger partial charge in [-0.25, -0.2) is 4.68 Å². The molecule has 3 fully saturated rings. The van der Waals surface area contributed by atoms with Gasteiger partial charge in [0.1, 0.15) is 17.5 Å². The summed E-state index contributed by atoms with van der Waals surface area (Å²) in [6.45, 7) is 3.36. The van der Waals surface area contributed by atoms with Crippen LogP contribution in [-0.4, -0.2) is 40.0 Å². The van der Waals surface area contributed by atoms with Crippen molar-refractivity contribution in [1.82, 2.24) is 20.3 Å². The van der Waals surface area contributed by atoms with Gasteiger partial charge in [-0.3, -0.25) is 4.79 Å². The predicted molar refractivity (Wildman–Crippen MR) is 107 cm³/mol. The Morgan fingerprint density at radius 3 is 2.90 bits per heavy atom. The minimum atomic E-state index is 0.0978. The number of quaternary nitrogens is 1. The minimum Gasteiger partial charge on any atom is -0.467 e. The molecule has 150 valence electrons. The van der Waals surface area contributed by atoms with E-state index in [0.29, 0.717) is 18.5 Å². The number of benzene rings is 1. The van der Waals surface area contributed by atoms with Gasteiger partial charge in [0.15, 0.2) is 0 Å². The van der Waals surface area contributed by atoms with Crippen LogP contribution in [0.3, 0.4) is 0 Å². The number of aromatic nitrogens is 3. The second-order valence-electron chi connectivity index (χ2n) is 8.19. The van der Waals surface area contributed by atoms with Gasteiger partial charge in [0.2, 0.25) is 5.91 Å². The maximum absolute atomic E-state index is 12.7. The fourth-order valence-corrected chi connectivity index (χ4v) is 4.89. The topological polar surface area (TPSA) is 77.4 Å². The van der Waals surface area contributed by atoms with E-state index in [-0.39, 0.29) is 11.8 Å². The summed E-state index contributed by atoms with van der Waals surface area (Å²) in [4.78, 5) is 14.2. The van der Waals surface area contributed by atoms with Crippen molar-refractivity contribution in [2.45, 2.75) is 32.0 Å². The summed E-state index contributed by atoms with van der Waals surface area (Å²) in [7, 11) is 0. The highest BCUT2D eigenvalue weighted by Gasteiger charge is 2.46. The first-order valence-corrected chi connectivity index (χ1v) is 10.4. The van der Waals surface area contributed by atoms with Gasteiger partial charge in [-0.05, 0) is 18.1 Å². The molecule has 7 heteroatoms. The quantitative estimate of drug-likeness (QED) is 0.660. The predicted octanol–water partition coefficient (Wildman–Crippen LogP) is 1.15. The number of piperidine rings is 3. The number of amides is 1. The Morgan fingerprint density at radius 2 is 2.14 bits per heavy atom. The van der Waals surface area contributed by atoms with Crippen molar-refractivity contribution in [1.29, 1.82) is 0 Å².